The van der Waals surface area contributed by atoms with Gasteiger partial charge in [0.2, 0.25) is 10.0 Å². The summed E-state index contributed by atoms with van der Waals surface area (Å²) in [4.78, 5) is 1.14. The van der Waals surface area contributed by atoms with Crippen molar-refractivity contribution in [1.82, 2.24) is 4.72 Å². The van der Waals surface area contributed by atoms with Crippen molar-refractivity contribution in [3.8, 4) is 0 Å². The molecule has 0 aliphatic heterocycles. The highest BCUT2D eigenvalue weighted by Crippen LogP contribution is 2.34. The van der Waals surface area contributed by atoms with E-state index in [0.29, 0.717) is 10.8 Å². The summed E-state index contributed by atoms with van der Waals surface area (Å²) in [5, 5.41) is 1.86. The van der Waals surface area contributed by atoms with Gasteiger partial charge in [-0.1, -0.05) is 19.8 Å². The van der Waals surface area contributed by atoms with Gasteiger partial charge in [0.1, 0.15) is 4.90 Å². The van der Waals surface area contributed by atoms with Crippen LogP contribution in [0, 0.1) is 12.8 Å². The minimum absolute atomic E-state index is 0.0439. The molecular weight excluding hydrogens is 280 g/mol. The standard InChI is InChI=1S/C13H22N2O2S2/c1-3-11(6-10-4-5-10)15-19(16,17)13-9(2)8-18-12(13)7-14/h8,10-11,15H,3-7,14H2,1-2H3. The molecule has 4 nitrogen and oxygen atoms in total. The van der Waals surface area contributed by atoms with Crippen molar-refractivity contribution in [3.05, 3.63) is 15.8 Å². The van der Waals surface area contributed by atoms with E-state index >= 15 is 0 Å². The van der Waals surface area contributed by atoms with Gasteiger partial charge < -0.3 is 5.73 Å². The van der Waals surface area contributed by atoms with Gasteiger partial charge in [0.15, 0.2) is 0 Å². The topological polar surface area (TPSA) is 72.2 Å². The largest absolute Gasteiger partial charge is 0.326 e. The monoisotopic (exact) mass is 302 g/mol. The Balaban J connectivity index is 2.18. The summed E-state index contributed by atoms with van der Waals surface area (Å²) in [6.07, 6.45) is 4.27. The van der Waals surface area contributed by atoms with Gasteiger partial charge in [0.05, 0.1) is 0 Å². The van der Waals surface area contributed by atoms with Crippen LogP contribution in [0.5, 0.6) is 0 Å². The van der Waals surface area contributed by atoms with Crippen molar-refractivity contribution in [2.45, 2.75) is 57.0 Å². The summed E-state index contributed by atoms with van der Waals surface area (Å²) < 4.78 is 27.9. The van der Waals surface area contributed by atoms with Gasteiger partial charge >= 0.3 is 0 Å². The van der Waals surface area contributed by atoms with Crippen LogP contribution in [0.1, 0.15) is 43.0 Å². The second-order valence-electron chi connectivity index (χ2n) is 5.28. The van der Waals surface area contributed by atoms with Crippen LogP contribution in [0.15, 0.2) is 10.3 Å². The average Bonchev–Trinajstić information content (AvgIpc) is 3.08. The van der Waals surface area contributed by atoms with E-state index in [9.17, 15) is 8.42 Å². The third-order valence-electron chi connectivity index (χ3n) is 3.57. The van der Waals surface area contributed by atoms with E-state index in [1.165, 1.54) is 24.2 Å². The number of thiophene rings is 1. The lowest BCUT2D eigenvalue weighted by Gasteiger charge is -2.17. The van der Waals surface area contributed by atoms with Crippen molar-refractivity contribution < 1.29 is 8.42 Å². The van der Waals surface area contributed by atoms with E-state index in [4.69, 9.17) is 5.73 Å². The first kappa shape index (κ1) is 15.0. The summed E-state index contributed by atoms with van der Waals surface area (Å²) in [6, 6.07) is 0.0439. The number of sulfonamides is 1. The third kappa shape index (κ3) is 3.56. The Morgan fingerprint density at radius 1 is 1.53 bits per heavy atom. The molecule has 3 N–H and O–H groups in total. The van der Waals surface area contributed by atoms with Gasteiger partial charge in [-0.15, -0.1) is 11.3 Å². The Kier molecular flexibility index (Phi) is 4.66. The molecule has 1 heterocycles. The molecule has 1 fully saturated rings. The van der Waals surface area contributed by atoms with Crippen LogP contribution in [0.2, 0.25) is 0 Å². The van der Waals surface area contributed by atoms with Crippen molar-refractivity contribution >= 4 is 21.4 Å². The van der Waals surface area contributed by atoms with Crippen LogP contribution in [-0.4, -0.2) is 14.5 Å². The Hall–Kier alpha value is -0.430. The quantitative estimate of drug-likeness (QED) is 0.812. The van der Waals surface area contributed by atoms with Gasteiger partial charge in [0.25, 0.3) is 0 Å². The van der Waals surface area contributed by atoms with E-state index in [-0.39, 0.29) is 12.6 Å². The molecule has 108 valence electrons. The molecule has 1 saturated carbocycles. The molecular formula is C13H22N2O2S2. The molecule has 19 heavy (non-hydrogen) atoms. The van der Waals surface area contributed by atoms with E-state index in [1.807, 2.05) is 19.2 Å². The van der Waals surface area contributed by atoms with Gasteiger partial charge in [0, 0.05) is 17.5 Å². The molecule has 1 aromatic rings. The van der Waals surface area contributed by atoms with Gasteiger partial charge in [-0.2, -0.15) is 0 Å². The number of aryl methyl sites for hydroxylation is 1. The fourth-order valence-electron chi connectivity index (χ4n) is 2.32. The maximum atomic E-state index is 12.5. The summed E-state index contributed by atoms with van der Waals surface area (Å²) in [6.45, 7) is 4.13. The molecule has 0 amide bonds. The van der Waals surface area contributed by atoms with E-state index in [2.05, 4.69) is 4.72 Å². The fraction of sp³-hybridized carbons (Fsp3) is 0.692. The highest BCUT2D eigenvalue weighted by atomic mass is 32.2. The van der Waals surface area contributed by atoms with Crippen LogP contribution in [-0.2, 0) is 16.6 Å². The Bertz CT molecular complexity index is 533. The SMILES string of the molecule is CCC(CC1CC1)NS(=O)(=O)c1c(C)csc1CN. The van der Waals surface area contributed by atoms with E-state index in [1.54, 1.807) is 0 Å². The van der Waals surface area contributed by atoms with Crippen LogP contribution >= 0.6 is 11.3 Å². The molecule has 0 bridgehead atoms. The van der Waals surface area contributed by atoms with E-state index in [0.717, 1.165) is 23.3 Å². The van der Waals surface area contributed by atoms with Crippen molar-refractivity contribution in [2.24, 2.45) is 11.7 Å². The first-order valence-electron chi connectivity index (χ1n) is 6.77. The second kappa shape index (κ2) is 5.91. The lowest BCUT2D eigenvalue weighted by Crippen LogP contribution is -2.35. The first-order chi connectivity index (χ1) is 8.97. The Morgan fingerprint density at radius 2 is 2.21 bits per heavy atom. The zero-order valence-electron chi connectivity index (χ0n) is 11.5. The summed E-state index contributed by atoms with van der Waals surface area (Å²) >= 11 is 1.42. The maximum absolute atomic E-state index is 12.5. The lowest BCUT2D eigenvalue weighted by molar-refractivity contribution is 0.495. The highest BCUT2D eigenvalue weighted by molar-refractivity contribution is 7.89. The second-order valence-corrected chi connectivity index (χ2v) is 7.90. The van der Waals surface area contributed by atoms with E-state index < -0.39 is 10.0 Å². The zero-order valence-corrected chi connectivity index (χ0v) is 13.1. The number of nitrogens with two attached hydrogens (primary N) is 1. The molecule has 0 radical (unpaired) electrons. The smallest absolute Gasteiger partial charge is 0.242 e. The predicted octanol–water partition coefficient (Wildman–Crippen LogP) is 2.37. The molecule has 0 aromatic carbocycles. The summed E-state index contributed by atoms with van der Waals surface area (Å²) in [5.74, 6) is 0.713. The van der Waals surface area contributed by atoms with Crippen LogP contribution in [0.25, 0.3) is 0 Å². The average molecular weight is 302 g/mol. The van der Waals surface area contributed by atoms with Gasteiger partial charge in [-0.25, -0.2) is 13.1 Å². The first-order valence-corrected chi connectivity index (χ1v) is 9.13. The molecule has 6 heteroatoms. The molecule has 1 aliphatic rings. The summed E-state index contributed by atoms with van der Waals surface area (Å²) in [5.41, 5.74) is 6.42. The Labute approximate surface area is 119 Å². The Morgan fingerprint density at radius 3 is 2.74 bits per heavy atom. The number of nitrogens with one attached hydrogen (secondary N) is 1. The normalized spacial score (nSPS) is 17.6. The van der Waals surface area contributed by atoms with Gasteiger partial charge in [-0.05, 0) is 36.6 Å². The maximum Gasteiger partial charge on any atom is 0.242 e. The van der Waals surface area contributed by atoms with Crippen molar-refractivity contribution in [1.29, 1.82) is 0 Å². The number of hydrogen-bond acceptors (Lipinski definition) is 4. The van der Waals surface area contributed by atoms with Gasteiger partial charge in [-0.3, -0.25) is 0 Å². The number of hydrogen-bond donors (Lipinski definition) is 2. The molecule has 1 aromatic heterocycles. The minimum atomic E-state index is -3.44. The van der Waals surface area contributed by atoms with Crippen molar-refractivity contribution in [3.63, 3.8) is 0 Å². The highest BCUT2D eigenvalue weighted by Gasteiger charge is 2.29. The molecule has 0 saturated heterocycles. The van der Waals surface area contributed by atoms with Crippen LogP contribution < -0.4 is 10.5 Å². The minimum Gasteiger partial charge on any atom is -0.326 e. The number of rotatable bonds is 7. The van der Waals surface area contributed by atoms with Crippen LogP contribution in [0.3, 0.4) is 0 Å². The summed E-state index contributed by atoms with van der Waals surface area (Å²) in [7, 11) is -3.44. The van der Waals surface area contributed by atoms with Crippen molar-refractivity contribution in [2.75, 3.05) is 0 Å². The molecule has 0 spiro atoms. The lowest BCUT2D eigenvalue weighted by atomic mass is 10.1. The molecule has 1 aliphatic carbocycles. The zero-order chi connectivity index (χ0) is 14.0. The fourth-order valence-corrected chi connectivity index (χ4v) is 5.36. The predicted molar refractivity (Wildman–Crippen MR) is 78.7 cm³/mol. The molecule has 1 unspecified atom stereocenters. The third-order valence-corrected chi connectivity index (χ3v) is 6.58. The molecule has 2 rings (SSSR count). The van der Waals surface area contributed by atoms with Crippen LogP contribution in [0.4, 0.5) is 0 Å². The molecule has 1 atom stereocenters.